The van der Waals surface area contributed by atoms with E-state index in [0.29, 0.717) is 22.9 Å². The van der Waals surface area contributed by atoms with Crippen LogP contribution in [0.15, 0.2) is 9.64 Å². The van der Waals surface area contributed by atoms with Gasteiger partial charge in [0.25, 0.3) is 11.1 Å². The van der Waals surface area contributed by atoms with Gasteiger partial charge in [0.05, 0.1) is 16.5 Å². The Morgan fingerprint density at radius 2 is 2.04 bits per heavy atom. The van der Waals surface area contributed by atoms with Crippen molar-refractivity contribution in [3.8, 4) is 10.8 Å². The van der Waals surface area contributed by atoms with Gasteiger partial charge in [-0.2, -0.15) is 0 Å². The van der Waals surface area contributed by atoms with Gasteiger partial charge < -0.3 is 14.6 Å². The van der Waals surface area contributed by atoms with Crippen molar-refractivity contribution in [1.82, 2.24) is 25.4 Å². The number of carbonyl (C=O) groups is 1. The Morgan fingerprint density at radius 1 is 1.27 bits per heavy atom. The van der Waals surface area contributed by atoms with Crippen molar-refractivity contribution < 1.29 is 9.21 Å². The van der Waals surface area contributed by atoms with Crippen molar-refractivity contribution in [2.45, 2.75) is 56.8 Å². The second kappa shape index (κ2) is 7.66. The molecule has 0 spiro atoms. The molecule has 140 valence electrons. The van der Waals surface area contributed by atoms with Gasteiger partial charge in [0.15, 0.2) is 0 Å². The zero-order valence-corrected chi connectivity index (χ0v) is 16.7. The van der Waals surface area contributed by atoms with Gasteiger partial charge in [-0.25, -0.2) is 4.98 Å². The highest BCUT2D eigenvalue weighted by molar-refractivity contribution is 7.99. The number of amides is 1. The SMILES string of the molecule is Cc1nc(C)c(-c2nnc(SCC(=O)NC3CCN(C4CC4)CC3)o2)s1. The Hall–Kier alpha value is -1.45. The van der Waals surface area contributed by atoms with Gasteiger partial charge in [0.2, 0.25) is 5.91 Å². The van der Waals surface area contributed by atoms with Gasteiger partial charge in [0, 0.05) is 25.2 Å². The van der Waals surface area contributed by atoms with E-state index in [1.807, 2.05) is 13.8 Å². The predicted octanol–water partition coefficient (Wildman–Crippen LogP) is 2.65. The summed E-state index contributed by atoms with van der Waals surface area (Å²) in [5.41, 5.74) is 0.892. The van der Waals surface area contributed by atoms with E-state index in [1.165, 1.54) is 35.9 Å². The number of rotatable bonds is 6. The first kappa shape index (κ1) is 17.9. The van der Waals surface area contributed by atoms with E-state index in [-0.39, 0.29) is 5.91 Å². The fourth-order valence-corrected chi connectivity index (χ4v) is 4.75. The van der Waals surface area contributed by atoms with Crippen LogP contribution >= 0.6 is 23.1 Å². The average molecular weight is 394 g/mol. The number of piperidine rings is 1. The lowest BCUT2D eigenvalue weighted by Gasteiger charge is -2.32. The number of nitrogens with zero attached hydrogens (tertiary/aromatic N) is 4. The van der Waals surface area contributed by atoms with Crippen LogP contribution in [0.3, 0.4) is 0 Å². The number of likely N-dealkylation sites (tertiary alicyclic amines) is 1. The summed E-state index contributed by atoms with van der Waals surface area (Å²) in [6, 6.07) is 1.11. The van der Waals surface area contributed by atoms with E-state index < -0.39 is 0 Å². The molecule has 1 N–H and O–H groups in total. The first-order valence-corrected chi connectivity index (χ1v) is 10.8. The quantitative estimate of drug-likeness (QED) is 0.755. The topological polar surface area (TPSA) is 84.1 Å². The van der Waals surface area contributed by atoms with Gasteiger partial charge >= 0.3 is 0 Å². The molecule has 26 heavy (non-hydrogen) atoms. The van der Waals surface area contributed by atoms with Crippen LogP contribution in [0.25, 0.3) is 10.8 Å². The monoisotopic (exact) mass is 393 g/mol. The molecular weight excluding hydrogens is 370 g/mol. The number of nitrogens with one attached hydrogen (secondary N) is 1. The molecule has 1 saturated heterocycles. The Bertz CT molecular complexity index is 778. The van der Waals surface area contributed by atoms with Crippen molar-refractivity contribution in [3.63, 3.8) is 0 Å². The second-order valence-corrected chi connectivity index (χ2v) is 9.05. The zero-order chi connectivity index (χ0) is 18.1. The molecule has 7 nitrogen and oxygen atoms in total. The van der Waals surface area contributed by atoms with Crippen LogP contribution in [0.4, 0.5) is 0 Å². The fourth-order valence-electron chi connectivity index (χ4n) is 3.33. The molecule has 0 bridgehead atoms. The van der Waals surface area contributed by atoms with Crippen LogP contribution in [0.2, 0.25) is 0 Å². The normalized spacial score (nSPS) is 19.0. The van der Waals surface area contributed by atoms with Crippen molar-refractivity contribution in [2.75, 3.05) is 18.8 Å². The number of aryl methyl sites for hydroxylation is 2. The summed E-state index contributed by atoms with van der Waals surface area (Å²) in [4.78, 5) is 20.0. The van der Waals surface area contributed by atoms with Crippen LogP contribution < -0.4 is 5.32 Å². The number of aromatic nitrogens is 3. The first-order chi connectivity index (χ1) is 12.6. The van der Waals surface area contributed by atoms with Crippen LogP contribution in [0.5, 0.6) is 0 Å². The summed E-state index contributed by atoms with van der Waals surface area (Å²) in [6.45, 7) is 6.08. The molecule has 0 unspecified atom stereocenters. The van der Waals surface area contributed by atoms with E-state index in [9.17, 15) is 4.79 Å². The van der Waals surface area contributed by atoms with Crippen molar-refractivity contribution in [2.24, 2.45) is 0 Å². The van der Waals surface area contributed by atoms with Crippen LogP contribution in [0.1, 0.15) is 36.4 Å². The van der Waals surface area contributed by atoms with Crippen LogP contribution in [-0.2, 0) is 4.79 Å². The van der Waals surface area contributed by atoms with E-state index in [4.69, 9.17) is 4.42 Å². The Morgan fingerprint density at radius 3 is 2.69 bits per heavy atom. The van der Waals surface area contributed by atoms with Gasteiger partial charge in [0.1, 0.15) is 4.88 Å². The van der Waals surface area contributed by atoms with Crippen molar-refractivity contribution >= 4 is 29.0 Å². The third kappa shape index (κ3) is 4.27. The highest BCUT2D eigenvalue weighted by Gasteiger charge is 2.32. The van der Waals surface area contributed by atoms with Gasteiger partial charge in [-0.1, -0.05) is 11.8 Å². The van der Waals surface area contributed by atoms with E-state index in [0.717, 1.165) is 47.6 Å². The molecule has 2 aliphatic rings. The van der Waals surface area contributed by atoms with Crippen LogP contribution in [0, 0.1) is 13.8 Å². The highest BCUT2D eigenvalue weighted by atomic mass is 32.2. The summed E-state index contributed by atoms with van der Waals surface area (Å²) in [7, 11) is 0. The maximum absolute atomic E-state index is 12.2. The predicted molar refractivity (Wildman–Crippen MR) is 101 cm³/mol. The van der Waals surface area contributed by atoms with Crippen molar-refractivity contribution in [1.29, 1.82) is 0 Å². The Kier molecular flexibility index (Phi) is 5.28. The summed E-state index contributed by atoms with van der Waals surface area (Å²) < 4.78 is 5.68. The zero-order valence-electron chi connectivity index (χ0n) is 15.0. The maximum Gasteiger partial charge on any atom is 0.277 e. The molecule has 1 aliphatic carbocycles. The summed E-state index contributed by atoms with van der Waals surface area (Å²) in [6.07, 6.45) is 4.78. The lowest BCUT2D eigenvalue weighted by Crippen LogP contribution is -2.45. The Balaban J connectivity index is 1.24. The molecule has 2 aromatic rings. The molecule has 0 atom stereocenters. The van der Waals surface area contributed by atoms with Gasteiger partial charge in [-0.15, -0.1) is 21.5 Å². The molecule has 1 saturated carbocycles. The number of thioether (sulfide) groups is 1. The van der Waals surface area contributed by atoms with Gasteiger partial charge in [-0.3, -0.25) is 4.79 Å². The van der Waals surface area contributed by atoms with Gasteiger partial charge in [-0.05, 0) is 39.5 Å². The summed E-state index contributed by atoms with van der Waals surface area (Å²) in [5, 5.41) is 12.6. The number of hydrogen-bond donors (Lipinski definition) is 1. The summed E-state index contributed by atoms with van der Waals surface area (Å²) >= 11 is 2.82. The van der Waals surface area contributed by atoms with E-state index in [2.05, 4.69) is 25.4 Å². The molecule has 1 aliphatic heterocycles. The van der Waals surface area contributed by atoms with E-state index in [1.54, 1.807) is 0 Å². The average Bonchev–Trinajstić information content (AvgIpc) is 3.27. The molecule has 4 rings (SSSR count). The largest absolute Gasteiger partial charge is 0.410 e. The minimum absolute atomic E-state index is 0.0319. The molecule has 0 radical (unpaired) electrons. The highest BCUT2D eigenvalue weighted by Crippen LogP contribution is 2.31. The molecule has 3 heterocycles. The Labute approximate surface area is 161 Å². The lowest BCUT2D eigenvalue weighted by molar-refractivity contribution is -0.119. The summed E-state index contributed by atoms with van der Waals surface area (Å²) in [5.74, 6) is 0.804. The standard InChI is InChI=1S/C17H23N5O2S2/c1-10-15(26-11(2)18-10)16-20-21-17(24-16)25-9-14(23)19-12-5-7-22(8-6-12)13-3-4-13/h12-13H,3-9H2,1-2H3,(H,19,23). The molecule has 0 aromatic carbocycles. The molecule has 2 aromatic heterocycles. The minimum Gasteiger partial charge on any atom is -0.410 e. The molecule has 9 heteroatoms. The van der Waals surface area contributed by atoms with Crippen LogP contribution in [-0.4, -0.2) is 56.9 Å². The third-order valence-electron chi connectivity index (χ3n) is 4.79. The number of thiazole rings is 1. The maximum atomic E-state index is 12.2. The number of hydrogen-bond acceptors (Lipinski definition) is 8. The first-order valence-electron chi connectivity index (χ1n) is 9.02. The van der Waals surface area contributed by atoms with Crippen molar-refractivity contribution in [3.05, 3.63) is 10.7 Å². The smallest absolute Gasteiger partial charge is 0.277 e. The second-order valence-electron chi connectivity index (χ2n) is 6.92. The number of carbonyl (C=O) groups excluding carboxylic acids is 1. The fraction of sp³-hybridized carbons (Fsp3) is 0.647. The third-order valence-corrected chi connectivity index (χ3v) is 6.67. The molecule has 2 fully saturated rings. The minimum atomic E-state index is 0.0319. The van der Waals surface area contributed by atoms with E-state index >= 15 is 0 Å². The lowest BCUT2D eigenvalue weighted by atomic mass is 10.1. The molecular formula is C17H23N5O2S2. The molecule has 1 amide bonds.